The van der Waals surface area contributed by atoms with E-state index in [-0.39, 0.29) is 5.41 Å². The van der Waals surface area contributed by atoms with E-state index in [0.29, 0.717) is 5.69 Å². The van der Waals surface area contributed by atoms with E-state index in [1.165, 1.54) is 22.3 Å². The third-order valence-electron chi connectivity index (χ3n) is 9.26. The van der Waals surface area contributed by atoms with Crippen molar-refractivity contribution in [2.24, 2.45) is 0 Å². The highest BCUT2D eigenvalue weighted by Crippen LogP contribution is 2.61. The minimum absolute atomic E-state index is 0.225. The Bertz CT molecular complexity index is 1840. The molecule has 3 nitrogen and oxygen atoms in total. The number of methoxy groups -OCH3 is 1. The van der Waals surface area contributed by atoms with Gasteiger partial charge < -0.3 is 9.47 Å². The molecule has 3 heteroatoms. The zero-order valence-corrected chi connectivity index (χ0v) is 23.6. The highest BCUT2D eigenvalue weighted by Gasteiger charge is 2.46. The summed E-state index contributed by atoms with van der Waals surface area (Å²) >= 11 is 0. The standard InChI is InChI=1S/C38H31NO2/c1-5-37(6-2)33-23-27(39-3)17-19-30(33)34-29-20-18-28(40-4)24-32(29)36-31(35(34)37)21-22-38(41-36,25-13-9-7-10-14-25)26-15-11-8-12-16-26/h7-24H,5-6H2,1-2,4H3. The van der Waals surface area contributed by atoms with Gasteiger partial charge in [0.05, 0.1) is 13.7 Å². The summed E-state index contributed by atoms with van der Waals surface area (Å²) in [5, 5.41) is 2.17. The van der Waals surface area contributed by atoms with Gasteiger partial charge in [0.2, 0.25) is 0 Å². The molecule has 1 aliphatic heterocycles. The van der Waals surface area contributed by atoms with E-state index in [0.717, 1.165) is 51.8 Å². The summed E-state index contributed by atoms with van der Waals surface area (Å²) in [7, 11) is 1.71. The van der Waals surface area contributed by atoms with Crippen molar-refractivity contribution in [3.05, 3.63) is 142 Å². The maximum absolute atomic E-state index is 7.73. The smallest absolute Gasteiger partial charge is 0.187 e. The van der Waals surface area contributed by atoms with Crippen molar-refractivity contribution < 1.29 is 9.47 Å². The highest BCUT2D eigenvalue weighted by molar-refractivity contribution is 6.09. The summed E-state index contributed by atoms with van der Waals surface area (Å²) in [6, 6.07) is 33.5. The van der Waals surface area contributed by atoms with Gasteiger partial charge >= 0.3 is 0 Å². The Hall–Kier alpha value is -4.81. The molecule has 0 fully saturated rings. The molecule has 0 saturated heterocycles. The maximum atomic E-state index is 7.73. The number of hydrogen-bond acceptors (Lipinski definition) is 2. The van der Waals surface area contributed by atoms with Gasteiger partial charge in [0.25, 0.3) is 0 Å². The number of fused-ring (bicyclic) bond motifs is 8. The van der Waals surface area contributed by atoms with Gasteiger partial charge in [-0.3, -0.25) is 0 Å². The van der Waals surface area contributed by atoms with Crippen molar-refractivity contribution in [1.82, 2.24) is 0 Å². The van der Waals surface area contributed by atoms with E-state index < -0.39 is 5.60 Å². The van der Waals surface area contributed by atoms with Crippen LogP contribution in [-0.4, -0.2) is 7.11 Å². The fraction of sp³-hybridized carbons (Fsp3) is 0.184. The second kappa shape index (κ2) is 9.39. The van der Waals surface area contributed by atoms with Crippen LogP contribution in [0.5, 0.6) is 11.5 Å². The molecule has 200 valence electrons. The molecule has 0 saturated carbocycles. The number of hydrogen-bond donors (Lipinski definition) is 0. The van der Waals surface area contributed by atoms with Crippen LogP contribution in [0.15, 0.2) is 103 Å². The van der Waals surface area contributed by atoms with Gasteiger partial charge in [0.15, 0.2) is 11.3 Å². The number of ether oxygens (including phenoxy) is 2. The topological polar surface area (TPSA) is 22.8 Å². The summed E-state index contributed by atoms with van der Waals surface area (Å²) in [6.45, 7) is 12.3. The largest absolute Gasteiger partial charge is 0.497 e. The summed E-state index contributed by atoms with van der Waals surface area (Å²) in [5.74, 6) is 1.67. The first kappa shape index (κ1) is 25.2. The van der Waals surface area contributed by atoms with E-state index in [1.807, 2.05) is 24.3 Å². The third-order valence-corrected chi connectivity index (χ3v) is 9.26. The van der Waals surface area contributed by atoms with Crippen LogP contribution in [0.4, 0.5) is 5.69 Å². The van der Waals surface area contributed by atoms with Gasteiger partial charge in [-0.05, 0) is 64.8 Å². The third kappa shape index (κ3) is 3.44. The molecule has 0 aromatic heterocycles. The predicted octanol–water partition coefficient (Wildman–Crippen LogP) is 9.84. The molecular formula is C38H31NO2. The highest BCUT2D eigenvalue weighted by atomic mass is 16.5. The zero-order chi connectivity index (χ0) is 28.2. The average molecular weight is 534 g/mol. The van der Waals surface area contributed by atoms with Crippen LogP contribution in [0.2, 0.25) is 0 Å². The molecule has 0 amide bonds. The van der Waals surface area contributed by atoms with Gasteiger partial charge in [-0.25, -0.2) is 4.85 Å². The van der Waals surface area contributed by atoms with E-state index in [2.05, 4.69) is 104 Å². The van der Waals surface area contributed by atoms with Crippen LogP contribution in [0.25, 0.3) is 32.8 Å². The van der Waals surface area contributed by atoms with Gasteiger partial charge in [-0.1, -0.05) is 98.8 Å². The predicted molar refractivity (Wildman–Crippen MR) is 167 cm³/mol. The van der Waals surface area contributed by atoms with Crippen LogP contribution >= 0.6 is 0 Å². The fourth-order valence-electron chi connectivity index (χ4n) is 7.21. The van der Waals surface area contributed by atoms with Gasteiger partial charge in [-0.15, -0.1) is 0 Å². The maximum Gasteiger partial charge on any atom is 0.187 e. The Morgan fingerprint density at radius 1 is 0.805 bits per heavy atom. The molecule has 5 aromatic rings. The molecule has 0 radical (unpaired) electrons. The first-order valence-corrected chi connectivity index (χ1v) is 14.3. The SMILES string of the molecule is [C-]#[N+]c1ccc2c(c1)C(CC)(CC)c1c3c(c4cc(OC)ccc4c1-2)OC(c1ccccc1)(c1ccccc1)C=C3. The number of nitrogens with zero attached hydrogens (tertiary/aromatic N) is 1. The van der Waals surface area contributed by atoms with Crippen LogP contribution < -0.4 is 9.47 Å². The molecule has 41 heavy (non-hydrogen) atoms. The van der Waals surface area contributed by atoms with Crippen molar-refractivity contribution in [3.8, 4) is 22.6 Å². The Morgan fingerprint density at radius 2 is 1.49 bits per heavy atom. The Kier molecular flexibility index (Phi) is 5.77. The van der Waals surface area contributed by atoms with Crippen molar-refractivity contribution >= 4 is 22.5 Å². The molecule has 1 heterocycles. The quantitative estimate of drug-likeness (QED) is 0.210. The normalized spacial score (nSPS) is 15.4. The molecule has 0 spiro atoms. The average Bonchev–Trinajstić information content (AvgIpc) is 3.35. The van der Waals surface area contributed by atoms with Gasteiger partial charge in [-0.2, -0.15) is 0 Å². The minimum atomic E-state index is -0.788. The molecule has 2 aliphatic rings. The number of rotatable bonds is 5. The Labute approximate surface area is 241 Å². The summed E-state index contributed by atoms with van der Waals surface area (Å²) in [4.78, 5) is 3.80. The van der Waals surface area contributed by atoms with E-state index in [4.69, 9.17) is 16.0 Å². The first-order valence-electron chi connectivity index (χ1n) is 14.3. The van der Waals surface area contributed by atoms with Crippen LogP contribution in [0, 0.1) is 6.57 Å². The van der Waals surface area contributed by atoms with Crippen molar-refractivity contribution in [3.63, 3.8) is 0 Å². The first-order chi connectivity index (χ1) is 20.1. The van der Waals surface area contributed by atoms with Crippen LogP contribution in [-0.2, 0) is 11.0 Å². The van der Waals surface area contributed by atoms with Gasteiger partial charge in [0.1, 0.15) is 11.5 Å². The molecule has 0 unspecified atom stereocenters. The number of benzene rings is 5. The molecule has 5 aromatic carbocycles. The molecule has 0 atom stereocenters. The van der Waals surface area contributed by atoms with Crippen LogP contribution in [0.1, 0.15) is 54.5 Å². The van der Waals surface area contributed by atoms with E-state index >= 15 is 0 Å². The van der Waals surface area contributed by atoms with Crippen molar-refractivity contribution in [1.29, 1.82) is 0 Å². The monoisotopic (exact) mass is 533 g/mol. The molecular weight excluding hydrogens is 502 g/mol. The van der Waals surface area contributed by atoms with E-state index in [9.17, 15) is 0 Å². The van der Waals surface area contributed by atoms with Crippen molar-refractivity contribution in [2.45, 2.75) is 37.7 Å². The lowest BCUT2D eigenvalue weighted by Gasteiger charge is -2.39. The van der Waals surface area contributed by atoms with E-state index in [1.54, 1.807) is 7.11 Å². The minimum Gasteiger partial charge on any atom is -0.497 e. The summed E-state index contributed by atoms with van der Waals surface area (Å²) < 4.78 is 13.1. The lowest BCUT2D eigenvalue weighted by molar-refractivity contribution is 0.163. The Morgan fingerprint density at radius 3 is 2.10 bits per heavy atom. The van der Waals surface area contributed by atoms with Crippen molar-refractivity contribution in [2.75, 3.05) is 7.11 Å². The fourth-order valence-corrected chi connectivity index (χ4v) is 7.21. The zero-order valence-electron chi connectivity index (χ0n) is 23.6. The second-order valence-electron chi connectivity index (χ2n) is 10.9. The molecule has 0 N–H and O–H groups in total. The summed E-state index contributed by atoms with van der Waals surface area (Å²) in [6.07, 6.45) is 6.37. The second-order valence-corrected chi connectivity index (χ2v) is 10.9. The van der Waals surface area contributed by atoms with Gasteiger partial charge in [0, 0.05) is 27.5 Å². The lowest BCUT2D eigenvalue weighted by atomic mass is 9.71. The molecule has 0 bridgehead atoms. The lowest BCUT2D eigenvalue weighted by Crippen LogP contribution is -2.35. The Balaban J connectivity index is 1.61. The molecule has 1 aliphatic carbocycles. The van der Waals surface area contributed by atoms with Crippen LogP contribution in [0.3, 0.4) is 0 Å². The molecule has 7 rings (SSSR count). The summed E-state index contributed by atoms with van der Waals surface area (Å²) in [5.41, 5.74) is 7.95.